The SMILES string of the molecule is CNC(Cc1ccccc1)c1cccs1.Cl. The molecule has 16 heavy (non-hydrogen) atoms. The molecule has 1 aromatic heterocycles. The number of rotatable bonds is 4. The van der Waals surface area contributed by atoms with Crippen molar-refractivity contribution in [2.45, 2.75) is 12.5 Å². The van der Waals surface area contributed by atoms with Crippen molar-refractivity contribution in [1.82, 2.24) is 5.32 Å². The Kier molecular flexibility index (Phi) is 5.53. The van der Waals surface area contributed by atoms with Gasteiger partial charge in [-0.2, -0.15) is 0 Å². The Hall–Kier alpha value is -0.830. The van der Waals surface area contributed by atoms with Crippen LogP contribution in [0.4, 0.5) is 0 Å². The molecule has 0 amide bonds. The third-order valence-electron chi connectivity index (χ3n) is 2.52. The fourth-order valence-corrected chi connectivity index (χ4v) is 2.52. The van der Waals surface area contributed by atoms with Crippen LogP contribution < -0.4 is 5.32 Å². The zero-order valence-corrected chi connectivity index (χ0v) is 10.9. The van der Waals surface area contributed by atoms with Crippen LogP contribution in [-0.4, -0.2) is 7.05 Å². The summed E-state index contributed by atoms with van der Waals surface area (Å²) < 4.78 is 0. The van der Waals surface area contributed by atoms with Gasteiger partial charge in [-0.25, -0.2) is 0 Å². The first-order valence-electron chi connectivity index (χ1n) is 5.15. The van der Waals surface area contributed by atoms with Gasteiger partial charge in [-0.1, -0.05) is 36.4 Å². The molecule has 0 aliphatic heterocycles. The minimum absolute atomic E-state index is 0. The van der Waals surface area contributed by atoms with Crippen LogP contribution >= 0.6 is 23.7 Å². The van der Waals surface area contributed by atoms with Crippen LogP contribution in [0.3, 0.4) is 0 Å². The third-order valence-corrected chi connectivity index (χ3v) is 3.50. The lowest BCUT2D eigenvalue weighted by Crippen LogP contribution is -2.17. The van der Waals surface area contributed by atoms with E-state index in [9.17, 15) is 0 Å². The van der Waals surface area contributed by atoms with Crippen LogP contribution in [0.1, 0.15) is 16.5 Å². The van der Waals surface area contributed by atoms with Crippen LogP contribution in [-0.2, 0) is 6.42 Å². The maximum Gasteiger partial charge on any atom is 0.0453 e. The van der Waals surface area contributed by atoms with Crippen LogP contribution in [0.15, 0.2) is 47.8 Å². The van der Waals surface area contributed by atoms with Gasteiger partial charge in [0.15, 0.2) is 0 Å². The molecule has 1 heterocycles. The number of likely N-dealkylation sites (N-methyl/N-ethyl adjacent to an activating group) is 1. The molecular weight excluding hydrogens is 238 g/mol. The van der Waals surface area contributed by atoms with Gasteiger partial charge in [0.1, 0.15) is 0 Å². The summed E-state index contributed by atoms with van der Waals surface area (Å²) in [5.41, 5.74) is 1.38. The Balaban J connectivity index is 0.00000128. The van der Waals surface area contributed by atoms with E-state index in [4.69, 9.17) is 0 Å². The highest BCUT2D eigenvalue weighted by Gasteiger charge is 2.10. The summed E-state index contributed by atoms with van der Waals surface area (Å²) in [6.07, 6.45) is 1.05. The highest BCUT2D eigenvalue weighted by atomic mass is 35.5. The van der Waals surface area contributed by atoms with Gasteiger partial charge in [-0.05, 0) is 30.5 Å². The second-order valence-corrected chi connectivity index (χ2v) is 4.53. The van der Waals surface area contributed by atoms with E-state index in [-0.39, 0.29) is 12.4 Å². The Bertz CT molecular complexity index is 386. The fraction of sp³-hybridized carbons (Fsp3) is 0.231. The molecule has 2 rings (SSSR count). The van der Waals surface area contributed by atoms with Crippen molar-refractivity contribution in [2.24, 2.45) is 0 Å². The molecule has 0 saturated heterocycles. The molecule has 0 radical (unpaired) electrons. The van der Waals surface area contributed by atoms with E-state index in [1.165, 1.54) is 10.4 Å². The van der Waals surface area contributed by atoms with E-state index >= 15 is 0 Å². The first kappa shape index (κ1) is 13.2. The number of benzene rings is 1. The van der Waals surface area contributed by atoms with Gasteiger partial charge in [0.25, 0.3) is 0 Å². The average molecular weight is 254 g/mol. The van der Waals surface area contributed by atoms with Gasteiger partial charge in [-0.15, -0.1) is 23.7 Å². The van der Waals surface area contributed by atoms with Crippen molar-refractivity contribution in [3.63, 3.8) is 0 Å². The summed E-state index contributed by atoms with van der Waals surface area (Å²) in [6, 6.07) is 15.3. The topological polar surface area (TPSA) is 12.0 Å². The van der Waals surface area contributed by atoms with Gasteiger partial charge in [0, 0.05) is 10.9 Å². The second-order valence-electron chi connectivity index (χ2n) is 3.55. The third kappa shape index (κ3) is 3.34. The normalized spacial score (nSPS) is 11.8. The standard InChI is InChI=1S/C13H15NS.ClH/c1-14-12(13-8-5-9-15-13)10-11-6-3-2-4-7-11;/h2-9,12,14H,10H2,1H3;1H. The predicted octanol–water partition coefficient (Wildman–Crippen LogP) is 3.67. The van der Waals surface area contributed by atoms with Crippen molar-refractivity contribution in [3.05, 3.63) is 58.3 Å². The molecule has 0 aliphatic carbocycles. The van der Waals surface area contributed by atoms with Crippen molar-refractivity contribution < 1.29 is 0 Å². The van der Waals surface area contributed by atoms with Gasteiger partial charge >= 0.3 is 0 Å². The van der Waals surface area contributed by atoms with E-state index in [1.54, 1.807) is 0 Å². The summed E-state index contributed by atoms with van der Waals surface area (Å²) in [6.45, 7) is 0. The monoisotopic (exact) mass is 253 g/mol. The number of halogens is 1. The molecule has 1 nitrogen and oxygen atoms in total. The predicted molar refractivity (Wildman–Crippen MR) is 73.5 cm³/mol. The molecule has 0 bridgehead atoms. The Morgan fingerprint density at radius 3 is 2.44 bits per heavy atom. The fourth-order valence-electron chi connectivity index (χ4n) is 1.68. The number of hydrogen-bond donors (Lipinski definition) is 1. The zero-order valence-electron chi connectivity index (χ0n) is 9.22. The van der Waals surface area contributed by atoms with E-state index in [2.05, 4.69) is 53.2 Å². The molecule has 0 fully saturated rings. The smallest absolute Gasteiger partial charge is 0.0453 e. The van der Waals surface area contributed by atoms with Gasteiger partial charge in [0.2, 0.25) is 0 Å². The van der Waals surface area contributed by atoms with Crippen LogP contribution in [0, 0.1) is 0 Å². The van der Waals surface area contributed by atoms with E-state index in [0.29, 0.717) is 6.04 Å². The first-order valence-corrected chi connectivity index (χ1v) is 6.02. The molecule has 0 spiro atoms. The van der Waals surface area contributed by atoms with E-state index in [0.717, 1.165) is 6.42 Å². The summed E-state index contributed by atoms with van der Waals surface area (Å²) in [7, 11) is 2.02. The zero-order chi connectivity index (χ0) is 10.5. The van der Waals surface area contributed by atoms with Crippen LogP contribution in [0.2, 0.25) is 0 Å². The number of nitrogens with one attached hydrogen (secondary N) is 1. The summed E-state index contributed by atoms with van der Waals surface area (Å²) in [5, 5.41) is 5.49. The average Bonchev–Trinajstić information content (AvgIpc) is 2.81. The van der Waals surface area contributed by atoms with Crippen molar-refractivity contribution in [1.29, 1.82) is 0 Å². The lowest BCUT2D eigenvalue weighted by atomic mass is 10.1. The molecule has 1 atom stereocenters. The molecule has 1 N–H and O–H groups in total. The highest BCUT2D eigenvalue weighted by molar-refractivity contribution is 7.10. The molecule has 1 aromatic carbocycles. The van der Waals surface area contributed by atoms with Crippen LogP contribution in [0.5, 0.6) is 0 Å². The number of hydrogen-bond acceptors (Lipinski definition) is 2. The Morgan fingerprint density at radius 2 is 1.88 bits per heavy atom. The maximum absolute atomic E-state index is 3.36. The Labute approximate surface area is 107 Å². The molecular formula is C13H16ClNS. The molecule has 1 unspecified atom stereocenters. The second kappa shape index (κ2) is 6.69. The first-order chi connectivity index (χ1) is 7.40. The molecule has 3 heteroatoms. The lowest BCUT2D eigenvalue weighted by Gasteiger charge is -2.14. The van der Waals surface area contributed by atoms with Gasteiger partial charge < -0.3 is 5.32 Å². The largest absolute Gasteiger partial charge is 0.312 e. The minimum Gasteiger partial charge on any atom is -0.312 e. The summed E-state index contributed by atoms with van der Waals surface area (Å²) in [5.74, 6) is 0. The minimum atomic E-state index is 0. The number of thiophene rings is 1. The van der Waals surface area contributed by atoms with Crippen molar-refractivity contribution in [2.75, 3.05) is 7.05 Å². The molecule has 86 valence electrons. The van der Waals surface area contributed by atoms with Crippen molar-refractivity contribution >= 4 is 23.7 Å². The molecule has 0 saturated carbocycles. The van der Waals surface area contributed by atoms with Crippen LogP contribution in [0.25, 0.3) is 0 Å². The summed E-state index contributed by atoms with van der Waals surface area (Å²) in [4.78, 5) is 1.40. The highest BCUT2D eigenvalue weighted by Crippen LogP contribution is 2.22. The van der Waals surface area contributed by atoms with Crippen molar-refractivity contribution in [3.8, 4) is 0 Å². The van der Waals surface area contributed by atoms with Gasteiger partial charge in [0.05, 0.1) is 0 Å². The molecule has 2 aromatic rings. The van der Waals surface area contributed by atoms with E-state index < -0.39 is 0 Å². The van der Waals surface area contributed by atoms with Gasteiger partial charge in [-0.3, -0.25) is 0 Å². The molecule has 0 aliphatic rings. The summed E-state index contributed by atoms with van der Waals surface area (Å²) >= 11 is 1.81. The quantitative estimate of drug-likeness (QED) is 0.877. The maximum atomic E-state index is 3.36. The lowest BCUT2D eigenvalue weighted by molar-refractivity contribution is 0.602. The van der Waals surface area contributed by atoms with E-state index in [1.807, 2.05) is 18.4 Å². The Morgan fingerprint density at radius 1 is 1.12 bits per heavy atom.